The molecule has 2 N–H and O–H groups in total. The van der Waals surface area contributed by atoms with Gasteiger partial charge in [0.05, 0.1) is 12.2 Å². The van der Waals surface area contributed by atoms with Crippen LogP contribution >= 0.6 is 0 Å². The van der Waals surface area contributed by atoms with Gasteiger partial charge in [-0.25, -0.2) is 4.18 Å². The van der Waals surface area contributed by atoms with Crippen LogP contribution in [-0.2, 0) is 28.6 Å². The summed E-state index contributed by atoms with van der Waals surface area (Å²) in [6.07, 6.45) is 7.29. The largest absolute Gasteiger partial charge is 0.416 e. The first-order valence-corrected chi connectivity index (χ1v) is 13.3. The molecule has 0 unspecified atom stereocenters. The van der Waals surface area contributed by atoms with Crippen LogP contribution in [0.15, 0.2) is 0 Å². The highest BCUT2D eigenvalue weighted by Crippen LogP contribution is 2.66. The lowest BCUT2D eigenvalue weighted by molar-refractivity contribution is -0.131. The van der Waals surface area contributed by atoms with E-state index in [9.17, 15) is 21.9 Å². The van der Waals surface area contributed by atoms with Crippen molar-refractivity contribution in [1.82, 2.24) is 0 Å². The quantitative estimate of drug-likeness (QED) is 0.623. The number of hydrogen-bond acceptors (Lipinski definition) is 7. The molecule has 0 aromatic heterocycles. The van der Waals surface area contributed by atoms with E-state index in [1.807, 2.05) is 6.92 Å². The molecular weight excluding hydrogens is 420 g/mol. The Hall–Kier alpha value is -0.260. The average molecular weight is 453 g/mol. The molecule has 4 aliphatic rings. The van der Waals surface area contributed by atoms with Crippen LogP contribution in [0, 0.1) is 34.5 Å². The minimum atomic E-state index is -5.15. The Bertz CT molecular complexity index is 855. The highest BCUT2D eigenvalue weighted by Gasteiger charge is 2.61. The van der Waals surface area contributed by atoms with Crippen LogP contribution < -0.4 is 0 Å². The molecule has 8 nitrogen and oxygen atoms in total. The summed E-state index contributed by atoms with van der Waals surface area (Å²) >= 11 is 0. The predicted molar refractivity (Wildman–Crippen MR) is 104 cm³/mol. The summed E-state index contributed by atoms with van der Waals surface area (Å²) in [4.78, 5) is 0. The second-order valence-corrected chi connectivity index (χ2v) is 12.6. The molecule has 4 fully saturated rings. The van der Waals surface area contributed by atoms with E-state index in [4.69, 9.17) is 8.74 Å². The standard InChI is InChI=1S/C19H32O8S2/c1-18-9-7-13(20)11-12(18)3-4-14-15-5-6-17(19(15,2)10-8-16(14)18)26-29(24,25)27-28(21,22)23/h12-17,20H,3-11H2,1-2H3,(H,21,22,23)/t12-,13-,14-,15-,16-,17+,18-,19-/m0/s1. The number of rotatable bonds is 4. The van der Waals surface area contributed by atoms with E-state index in [1.165, 1.54) is 0 Å². The summed E-state index contributed by atoms with van der Waals surface area (Å²) < 4.78 is 63.2. The van der Waals surface area contributed by atoms with Gasteiger partial charge in [-0.05, 0) is 92.3 Å². The third-order valence-corrected chi connectivity index (χ3v) is 10.8. The minimum Gasteiger partial charge on any atom is -0.393 e. The Kier molecular flexibility index (Phi) is 5.40. The SMILES string of the molecule is C[C@]12CC[C@H](O)C[C@@H]1CC[C@@H]1[C@@H]2CC[C@]2(C)[C@H](OS(=O)(=O)OS(=O)(=O)O)CC[C@@H]12. The summed E-state index contributed by atoms with van der Waals surface area (Å²) in [7, 11) is -9.99. The van der Waals surface area contributed by atoms with Crippen LogP contribution in [0.3, 0.4) is 0 Å². The lowest BCUT2D eigenvalue weighted by atomic mass is 9.45. The van der Waals surface area contributed by atoms with Crippen molar-refractivity contribution >= 4 is 20.8 Å². The molecule has 4 aliphatic carbocycles. The van der Waals surface area contributed by atoms with Crippen LogP contribution in [0.5, 0.6) is 0 Å². The molecule has 4 rings (SSSR count). The summed E-state index contributed by atoms with van der Waals surface area (Å²) in [6.45, 7) is 4.43. The molecule has 0 spiro atoms. The summed E-state index contributed by atoms with van der Waals surface area (Å²) in [5.74, 6) is 1.92. The molecule has 0 heterocycles. The molecule has 4 saturated carbocycles. The molecule has 10 heteroatoms. The lowest BCUT2D eigenvalue weighted by Gasteiger charge is -2.60. The van der Waals surface area contributed by atoms with E-state index < -0.39 is 26.9 Å². The second-order valence-electron chi connectivity index (χ2n) is 10.2. The number of aliphatic hydroxyl groups is 1. The zero-order valence-electron chi connectivity index (χ0n) is 17.0. The molecule has 8 atom stereocenters. The zero-order chi connectivity index (χ0) is 21.2. The van der Waals surface area contributed by atoms with Crippen LogP contribution in [0.1, 0.15) is 71.6 Å². The van der Waals surface area contributed by atoms with Gasteiger partial charge in [0.1, 0.15) is 0 Å². The Morgan fingerprint density at radius 3 is 2.21 bits per heavy atom. The molecule has 0 amide bonds. The normalized spacial score (nSPS) is 47.9. The van der Waals surface area contributed by atoms with Crippen molar-refractivity contribution in [1.29, 1.82) is 0 Å². The molecule has 0 aromatic carbocycles. The highest BCUT2D eigenvalue weighted by atomic mass is 32.3. The van der Waals surface area contributed by atoms with Gasteiger partial charge in [0.15, 0.2) is 0 Å². The van der Waals surface area contributed by atoms with E-state index in [-0.39, 0.29) is 16.9 Å². The van der Waals surface area contributed by atoms with Crippen LogP contribution in [0.25, 0.3) is 0 Å². The number of hydrogen-bond donors (Lipinski definition) is 2. The van der Waals surface area contributed by atoms with Gasteiger partial charge in [0, 0.05) is 0 Å². The Morgan fingerprint density at radius 1 is 0.862 bits per heavy atom. The maximum Gasteiger partial charge on any atom is 0.416 e. The first-order valence-electron chi connectivity index (χ1n) is 10.6. The highest BCUT2D eigenvalue weighted by molar-refractivity contribution is 7.94. The Morgan fingerprint density at radius 2 is 1.52 bits per heavy atom. The third-order valence-electron chi connectivity index (χ3n) is 8.95. The molecule has 0 radical (unpaired) electrons. The van der Waals surface area contributed by atoms with Gasteiger partial charge in [-0.15, -0.1) is 3.63 Å². The van der Waals surface area contributed by atoms with Crippen molar-refractivity contribution in [2.75, 3.05) is 0 Å². The van der Waals surface area contributed by atoms with Gasteiger partial charge in [-0.2, -0.15) is 16.8 Å². The monoisotopic (exact) mass is 452 g/mol. The zero-order valence-corrected chi connectivity index (χ0v) is 18.6. The predicted octanol–water partition coefficient (Wildman–Crippen LogP) is 2.84. The minimum absolute atomic E-state index is 0.184. The first kappa shape index (κ1) is 22.0. The second kappa shape index (κ2) is 7.13. The van der Waals surface area contributed by atoms with E-state index in [0.29, 0.717) is 30.1 Å². The summed E-state index contributed by atoms with van der Waals surface area (Å²) in [5.41, 5.74) is -0.142. The van der Waals surface area contributed by atoms with Gasteiger partial charge < -0.3 is 5.11 Å². The van der Waals surface area contributed by atoms with Crippen molar-refractivity contribution in [3.63, 3.8) is 0 Å². The maximum absolute atomic E-state index is 12.0. The lowest BCUT2D eigenvalue weighted by Crippen LogP contribution is -2.54. The summed E-state index contributed by atoms with van der Waals surface area (Å²) in [5, 5.41) is 10.1. The van der Waals surface area contributed by atoms with Crippen molar-refractivity contribution in [3.8, 4) is 0 Å². The van der Waals surface area contributed by atoms with Gasteiger partial charge in [-0.3, -0.25) is 4.55 Å². The van der Waals surface area contributed by atoms with Crippen LogP contribution in [0.4, 0.5) is 0 Å². The van der Waals surface area contributed by atoms with Crippen LogP contribution in [-0.4, -0.2) is 38.7 Å². The molecule has 0 bridgehead atoms. The van der Waals surface area contributed by atoms with Crippen molar-refractivity contribution in [2.24, 2.45) is 34.5 Å². The molecule has 168 valence electrons. The smallest absolute Gasteiger partial charge is 0.393 e. The van der Waals surface area contributed by atoms with E-state index in [2.05, 4.69) is 10.6 Å². The molecule has 0 saturated heterocycles. The third kappa shape index (κ3) is 3.89. The van der Waals surface area contributed by atoms with Crippen molar-refractivity contribution < 1.29 is 34.3 Å². The number of fused-ring (bicyclic) bond motifs is 5. The Labute approximate surface area is 173 Å². The molecule has 0 aliphatic heterocycles. The van der Waals surface area contributed by atoms with Gasteiger partial charge in [0.2, 0.25) is 0 Å². The van der Waals surface area contributed by atoms with Gasteiger partial charge in [-0.1, -0.05) is 13.8 Å². The fraction of sp³-hybridized carbons (Fsp3) is 1.00. The topological polar surface area (TPSA) is 127 Å². The van der Waals surface area contributed by atoms with Crippen molar-refractivity contribution in [2.45, 2.75) is 83.8 Å². The van der Waals surface area contributed by atoms with E-state index in [0.717, 1.165) is 51.4 Å². The van der Waals surface area contributed by atoms with Gasteiger partial charge >= 0.3 is 20.8 Å². The molecule has 29 heavy (non-hydrogen) atoms. The maximum atomic E-state index is 12.0. The fourth-order valence-corrected chi connectivity index (χ4v) is 9.18. The van der Waals surface area contributed by atoms with E-state index >= 15 is 0 Å². The van der Waals surface area contributed by atoms with Crippen LogP contribution in [0.2, 0.25) is 0 Å². The first-order chi connectivity index (χ1) is 13.3. The van der Waals surface area contributed by atoms with E-state index in [1.54, 1.807) is 0 Å². The van der Waals surface area contributed by atoms with Gasteiger partial charge in [0.25, 0.3) is 0 Å². The fourth-order valence-electron chi connectivity index (χ4n) is 7.61. The molecular formula is C19H32O8S2. The molecule has 0 aromatic rings. The Balaban J connectivity index is 1.53. The van der Waals surface area contributed by atoms with Crippen molar-refractivity contribution in [3.05, 3.63) is 0 Å². The summed E-state index contributed by atoms with van der Waals surface area (Å²) in [6, 6.07) is 0. The number of aliphatic hydroxyl groups excluding tert-OH is 1. The average Bonchev–Trinajstić information content (AvgIpc) is 2.89.